The Kier molecular flexibility index (Phi) is 6.85. The average Bonchev–Trinajstić information content (AvgIpc) is 2.70. The van der Waals surface area contributed by atoms with Crippen LogP contribution in [0, 0.1) is 10.1 Å². The maximum absolute atomic E-state index is 12.3. The minimum Gasteiger partial charge on any atom is -0.460 e. The van der Waals surface area contributed by atoms with Gasteiger partial charge in [0.25, 0.3) is 5.69 Å². The number of ether oxygens (including phenoxy) is 1. The number of primary amides is 1. The molecule has 0 bridgehead atoms. The summed E-state index contributed by atoms with van der Waals surface area (Å²) in [7, 11) is -2.72. The van der Waals surface area contributed by atoms with Crippen molar-refractivity contribution in [2.45, 2.75) is 11.5 Å². The van der Waals surface area contributed by atoms with Crippen LogP contribution in [-0.4, -0.2) is 38.8 Å². The number of carbonyl (C=O) groups is 2. The van der Waals surface area contributed by atoms with Crippen LogP contribution < -0.4 is 15.8 Å². The Morgan fingerprint density at radius 2 is 1.93 bits per heavy atom. The Hall–Kier alpha value is -3.51. The Labute approximate surface area is 166 Å². The number of benzene rings is 2. The highest BCUT2D eigenvalue weighted by Gasteiger charge is 2.22. The highest BCUT2D eigenvalue weighted by molar-refractivity contribution is 7.89. The summed E-state index contributed by atoms with van der Waals surface area (Å²) in [5.41, 5.74) is 5.63. The number of nitro groups is 1. The lowest BCUT2D eigenvalue weighted by molar-refractivity contribution is -0.384. The summed E-state index contributed by atoms with van der Waals surface area (Å²) >= 11 is 0. The van der Waals surface area contributed by atoms with Crippen LogP contribution in [0.4, 0.5) is 11.4 Å². The molecule has 0 aromatic heterocycles. The Balaban J connectivity index is 2.00. The van der Waals surface area contributed by atoms with Gasteiger partial charge in [-0.2, -0.15) is 4.72 Å². The van der Waals surface area contributed by atoms with Gasteiger partial charge in [-0.25, -0.2) is 8.42 Å². The van der Waals surface area contributed by atoms with Crippen molar-refractivity contribution in [3.8, 4) is 0 Å². The number of anilines is 1. The third kappa shape index (κ3) is 5.73. The molecule has 2 aromatic carbocycles. The third-order valence-electron chi connectivity index (χ3n) is 3.76. The van der Waals surface area contributed by atoms with Gasteiger partial charge >= 0.3 is 5.97 Å². The molecule has 154 valence electrons. The van der Waals surface area contributed by atoms with Crippen molar-refractivity contribution in [1.82, 2.24) is 4.72 Å². The summed E-state index contributed by atoms with van der Waals surface area (Å²) in [4.78, 5) is 32.9. The SMILES string of the molecule is CNc1ccc(S(=O)(=O)NCC(=O)OCc2cccc(C(N)=O)c2)cc1[N+](=O)[O-]. The first-order chi connectivity index (χ1) is 13.6. The van der Waals surface area contributed by atoms with Crippen LogP contribution in [0.15, 0.2) is 47.4 Å². The van der Waals surface area contributed by atoms with Crippen LogP contribution in [-0.2, 0) is 26.2 Å². The Morgan fingerprint density at radius 3 is 2.55 bits per heavy atom. The van der Waals surface area contributed by atoms with Crippen molar-refractivity contribution in [3.05, 3.63) is 63.7 Å². The molecule has 0 atom stereocenters. The van der Waals surface area contributed by atoms with Crippen molar-refractivity contribution in [2.24, 2.45) is 5.73 Å². The van der Waals surface area contributed by atoms with Crippen molar-refractivity contribution in [2.75, 3.05) is 18.9 Å². The van der Waals surface area contributed by atoms with E-state index in [1.54, 1.807) is 12.1 Å². The highest BCUT2D eigenvalue weighted by atomic mass is 32.2. The molecule has 0 saturated carbocycles. The number of nitrogens with one attached hydrogen (secondary N) is 2. The maximum Gasteiger partial charge on any atom is 0.321 e. The van der Waals surface area contributed by atoms with E-state index in [1.807, 2.05) is 4.72 Å². The molecular weight excluding hydrogens is 404 g/mol. The molecule has 0 fully saturated rings. The second kappa shape index (κ2) is 9.12. The fourth-order valence-electron chi connectivity index (χ4n) is 2.31. The number of amides is 1. The van der Waals surface area contributed by atoms with Gasteiger partial charge in [0, 0.05) is 18.7 Å². The summed E-state index contributed by atoms with van der Waals surface area (Å²) in [5.74, 6) is -1.51. The molecule has 29 heavy (non-hydrogen) atoms. The molecule has 0 aliphatic carbocycles. The fraction of sp³-hybridized carbons (Fsp3) is 0.176. The van der Waals surface area contributed by atoms with Gasteiger partial charge in [-0.1, -0.05) is 12.1 Å². The number of carbonyl (C=O) groups excluding carboxylic acids is 2. The van der Waals surface area contributed by atoms with E-state index < -0.39 is 39.1 Å². The van der Waals surface area contributed by atoms with E-state index in [4.69, 9.17) is 10.5 Å². The Bertz CT molecular complexity index is 1050. The topological polar surface area (TPSA) is 171 Å². The van der Waals surface area contributed by atoms with Gasteiger partial charge in [0.05, 0.1) is 9.82 Å². The first-order valence-electron chi connectivity index (χ1n) is 8.14. The lowest BCUT2D eigenvalue weighted by Gasteiger charge is -2.09. The highest BCUT2D eigenvalue weighted by Crippen LogP contribution is 2.26. The number of rotatable bonds is 9. The van der Waals surface area contributed by atoms with Gasteiger partial charge in [0.2, 0.25) is 15.9 Å². The van der Waals surface area contributed by atoms with Gasteiger partial charge in [-0.05, 0) is 29.8 Å². The Morgan fingerprint density at radius 1 is 1.21 bits per heavy atom. The summed E-state index contributed by atoms with van der Waals surface area (Å²) in [6.07, 6.45) is 0. The number of nitro benzene ring substituents is 1. The summed E-state index contributed by atoms with van der Waals surface area (Å²) in [6, 6.07) is 9.41. The van der Waals surface area contributed by atoms with Gasteiger partial charge in [-0.15, -0.1) is 0 Å². The zero-order valence-corrected chi connectivity index (χ0v) is 16.1. The van der Waals surface area contributed by atoms with Crippen LogP contribution in [0.3, 0.4) is 0 Å². The quantitative estimate of drug-likeness (QED) is 0.302. The van der Waals surface area contributed by atoms with Crippen LogP contribution >= 0.6 is 0 Å². The average molecular weight is 422 g/mol. The number of hydrogen-bond acceptors (Lipinski definition) is 8. The number of nitrogens with two attached hydrogens (primary N) is 1. The van der Waals surface area contributed by atoms with Crippen LogP contribution in [0.1, 0.15) is 15.9 Å². The minimum atomic E-state index is -4.18. The molecule has 12 heteroatoms. The van der Waals surface area contributed by atoms with Gasteiger partial charge in [0.15, 0.2) is 0 Å². The van der Waals surface area contributed by atoms with Crippen molar-refractivity contribution in [3.63, 3.8) is 0 Å². The summed E-state index contributed by atoms with van der Waals surface area (Å²) < 4.78 is 31.6. The lowest BCUT2D eigenvalue weighted by atomic mass is 10.1. The third-order valence-corrected chi connectivity index (χ3v) is 5.16. The number of nitrogens with zero attached hydrogens (tertiary/aromatic N) is 1. The molecule has 2 aromatic rings. The molecule has 0 spiro atoms. The summed E-state index contributed by atoms with van der Waals surface area (Å²) in [6.45, 7) is -0.872. The van der Waals surface area contributed by atoms with Crippen molar-refractivity contribution in [1.29, 1.82) is 0 Å². The zero-order chi connectivity index (χ0) is 21.6. The molecular formula is C17H18N4O7S. The molecule has 0 saturated heterocycles. The van der Waals surface area contributed by atoms with E-state index >= 15 is 0 Å². The van der Waals surface area contributed by atoms with Crippen LogP contribution in [0.25, 0.3) is 0 Å². The molecule has 0 unspecified atom stereocenters. The van der Waals surface area contributed by atoms with Crippen LogP contribution in [0.5, 0.6) is 0 Å². The number of hydrogen-bond donors (Lipinski definition) is 3. The second-order valence-electron chi connectivity index (χ2n) is 5.74. The van der Waals surface area contributed by atoms with Crippen molar-refractivity contribution >= 4 is 33.3 Å². The number of sulfonamides is 1. The second-order valence-corrected chi connectivity index (χ2v) is 7.50. The normalized spacial score (nSPS) is 10.9. The van der Waals surface area contributed by atoms with Gasteiger partial charge < -0.3 is 15.8 Å². The predicted octanol–water partition coefficient (Wildman–Crippen LogP) is 0.757. The number of esters is 1. The summed E-state index contributed by atoms with van der Waals surface area (Å²) in [5, 5.41) is 13.6. The standard InChI is InChI=1S/C17H18N4O7S/c1-19-14-6-5-13(8-15(14)21(24)25)29(26,27)20-9-16(22)28-10-11-3-2-4-12(7-11)17(18)23/h2-8,19-20H,9-10H2,1H3,(H2,18,23). The molecule has 2 rings (SSSR count). The maximum atomic E-state index is 12.3. The molecule has 4 N–H and O–H groups in total. The van der Waals surface area contributed by atoms with E-state index in [1.165, 1.54) is 31.3 Å². The van der Waals surface area contributed by atoms with Gasteiger partial charge in [0.1, 0.15) is 18.8 Å². The molecule has 0 radical (unpaired) electrons. The van der Waals surface area contributed by atoms with Crippen LogP contribution in [0.2, 0.25) is 0 Å². The largest absolute Gasteiger partial charge is 0.460 e. The van der Waals surface area contributed by atoms with E-state index in [0.717, 1.165) is 6.07 Å². The lowest BCUT2D eigenvalue weighted by Crippen LogP contribution is -2.30. The monoisotopic (exact) mass is 422 g/mol. The molecule has 0 heterocycles. The zero-order valence-electron chi connectivity index (χ0n) is 15.2. The van der Waals surface area contributed by atoms with E-state index in [-0.39, 0.29) is 22.8 Å². The first kappa shape index (κ1) is 21.8. The predicted molar refractivity (Wildman–Crippen MR) is 103 cm³/mol. The molecule has 1 amide bonds. The van der Waals surface area contributed by atoms with E-state index in [9.17, 15) is 28.1 Å². The molecule has 0 aliphatic heterocycles. The molecule has 0 aliphatic rings. The fourth-order valence-corrected chi connectivity index (χ4v) is 3.30. The minimum absolute atomic E-state index is 0.145. The molecule has 11 nitrogen and oxygen atoms in total. The van der Waals surface area contributed by atoms with E-state index in [2.05, 4.69) is 5.32 Å². The smallest absolute Gasteiger partial charge is 0.321 e. The van der Waals surface area contributed by atoms with Gasteiger partial charge in [-0.3, -0.25) is 19.7 Å². The van der Waals surface area contributed by atoms with E-state index in [0.29, 0.717) is 5.56 Å². The first-order valence-corrected chi connectivity index (χ1v) is 9.62. The van der Waals surface area contributed by atoms with Crippen molar-refractivity contribution < 1.29 is 27.7 Å².